The van der Waals surface area contributed by atoms with Gasteiger partial charge in [0.25, 0.3) is 0 Å². The maximum absolute atomic E-state index is 12.4. The highest BCUT2D eigenvalue weighted by Gasteiger charge is 2.34. The van der Waals surface area contributed by atoms with Gasteiger partial charge in [-0.1, -0.05) is 29.3 Å². The van der Waals surface area contributed by atoms with Crippen molar-refractivity contribution in [2.24, 2.45) is 5.92 Å². The molecule has 2 fully saturated rings. The van der Waals surface area contributed by atoms with Gasteiger partial charge in [0.15, 0.2) is 0 Å². The van der Waals surface area contributed by atoms with Crippen molar-refractivity contribution >= 4 is 41.5 Å². The molecule has 3 nitrogen and oxygen atoms in total. The number of likely N-dealkylation sites (tertiary alicyclic amines) is 1. The van der Waals surface area contributed by atoms with Crippen LogP contribution in [0.1, 0.15) is 18.4 Å². The summed E-state index contributed by atoms with van der Waals surface area (Å²) in [5.74, 6) is 0.815. The molecule has 2 heterocycles. The first-order chi connectivity index (χ1) is 9.63. The lowest BCUT2D eigenvalue weighted by molar-refractivity contribution is -0.132. The molecule has 0 aliphatic carbocycles. The van der Waals surface area contributed by atoms with Gasteiger partial charge >= 0.3 is 0 Å². The summed E-state index contributed by atoms with van der Waals surface area (Å²) in [6, 6.07) is 6.02. The van der Waals surface area contributed by atoms with Crippen molar-refractivity contribution in [3.8, 4) is 0 Å². The number of halogens is 3. The third-order valence-corrected chi connectivity index (χ3v) is 5.09. The molecular weight excluding hydrogens is 331 g/mol. The van der Waals surface area contributed by atoms with E-state index in [1.54, 1.807) is 12.1 Å². The highest BCUT2D eigenvalue weighted by atomic mass is 35.5. The molecule has 0 bridgehead atoms. The predicted molar refractivity (Wildman–Crippen MR) is 88.5 cm³/mol. The van der Waals surface area contributed by atoms with Gasteiger partial charge in [0, 0.05) is 19.1 Å². The van der Waals surface area contributed by atoms with E-state index in [1.165, 1.54) is 6.42 Å². The van der Waals surface area contributed by atoms with Crippen molar-refractivity contribution in [3.63, 3.8) is 0 Å². The zero-order valence-corrected chi connectivity index (χ0v) is 14.0. The van der Waals surface area contributed by atoms with Crippen LogP contribution in [0.2, 0.25) is 10.0 Å². The number of hydrogen-bond acceptors (Lipinski definition) is 2. The first-order valence-electron chi connectivity index (χ1n) is 7.08. The zero-order valence-electron chi connectivity index (χ0n) is 11.6. The standard InChI is InChI=1S/C15H18Cl2N2O.ClH/c16-12-2-1-10(7-13(12)17)8-15(20)19-6-4-14-11(9-19)3-5-18-14;/h1-2,7,11,14,18H,3-6,8-9H2;1H. The third kappa shape index (κ3) is 3.84. The second-order valence-electron chi connectivity index (χ2n) is 5.66. The Labute approximate surface area is 141 Å². The van der Waals surface area contributed by atoms with Crippen LogP contribution in [0, 0.1) is 5.92 Å². The number of amides is 1. The molecule has 1 amide bonds. The molecule has 116 valence electrons. The molecule has 2 atom stereocenters. The van der Waals surface area contributed by atoms with Crippen LogP contribution < -0.4 is 5.32 Å². The van der Waals surface area contributed by atoms with E-state index < -0.39 is 0 Å². The summed E-state index contributed by atoms with van der Waals surface area (Å²) >= 11 is 11.9. The van der Waals surface area contributed by atoms with E-state index in [1.807, 2.05) is 11.0 Å². The smallest absolute Gasteiger partial charge is 0.227 e. The van der Waals surface area contributed by atoms with Gasteiger partial charge in [0.2, 0.25) is 5.91 Å². The lowest BCUT2D eigenvalue weighted by atomic mass is 9.93. The topological polar surface area (TPSA) is 32.3 Å². The van der Waals surface area contributed by atoms with Crippen LogP contribution >= 0.6 is 35.6 Å². The van der Waals surface area contributed by atoms with E-state index in [2.05, 4.69) is 5.32 Å². The van der Waals surface area contributed by atoms with Crippen LogP contribution in [0.5, 0.6) is 0 Å². The van der Waals surface area contributed by atoms with Crippen molar-refractivity contribution in [2.45, 2.75) is 25.3 Å². The Balaban J connectivity index is 0.00000161. The summed E-state index contributed by atoms with van der Waals surface area (Å²) < 4.78 is 0. The zero-order chi connectivity index (χ0) is 14.1. The molecule has 1 aromatic rings. The number of carbonyl (C=O) groups excluding carboxylic acids is 1. The average Bonchev–Trinajstić information content (AvgIpc) is 2.90. The second-order valence-corrected chi connectivity index (χ2v) is 6.48. The van der Waals surface area contributed by atoms with Gasteiger partial charge in [-0.05, 0) is 43.0 Å². The summed E-state index contributed by atoms with van der Waals surface area (Å²) in [4.78, 5) is 14.4. The van der Waals surface area contributed by atoms with Crippen molar-refractivity contribution in [1.29, 1.82) is 0 Å². The fourth-order valence-electron chi connectivity index (χ4n) is 3.21. The third-order valence-electron chi connectivity index (χ3n) is 4.35. The van der Waals surface area contributed by atoms with E-state index in [4.69, 9.17) is 23.2 Å². The van der Waals surface area contributed by atoms with E-state index in [-0.39, 0.29) is 18.3 Å². The van der Waals surface area contributed by atoms with Crippen LogP contribution in [0.3, 0.4) is 0 Å². The molecule has 3 rings (SSSR count). The highest BCUT2D eigenvalue weighted by molar-refractivity contribution is 6.42. The number of benzene rings is 1. The number of piperidine rings is 1. The van der Waals surface area contributed by atoms with Crippen LogP contribution in [0.4, 0.5) is 0 Å². The van der Waals surface area contributed by atoms with Crippen molar-refractivity contribution in [1.82, 2.24) is 10.2 Å². The largest absolute Gasteiger partial charge is 0.342 e. The summed E-state index contributed by atoms with van der Waals surface area (Å²) in [6.45, 7) is 2.83. The maximum Gasteiger partial charge on any atom is 0.227 e. The molecule has 0 saturated carbocycles. The lowest BCUT2D eigenvalue weighted by Crippen LogP contribution is -2.47. The summed E-state index contributed by atoms with van der Waals surface area (Å²) in [7, 11) is 0. The second kappa shape index (κ2) is 7.19. The number of fused-ring (bicyclic) bond motifs is 1. The Hall–Kier alpha value is -0.480. The molecule has 6 heteroatoms. The number of rotatable bonds is 2. The molecule has 2 aliphatic rings. The van der Waals surface area contributed by atoms with E-state index in [9.17, 15) is 4.79 Å². The first kappa shape index (κ1) is 16.9. The van der Waals surface area contributed by atoms with Gasteiger partial charge in [0.1, 0.15) is 0 Å². The number of nitrogens with one attached hydrogen (secondary N) is 1. The van der Waals surface area contributed by atoms with Crippen molar-refractivity contribution in [2.75, 3.05) is 19.6 Å². The Morgan fingerprint density at radius 1 is 1.29 bits per heavy atom. The lowest BCUT2D eigenvalue weighted by Gasteiger charge is -2.35. The average molecular weight is 350 g/mol. The van der Waals surface area contributed by atoms with Gasteiger partial charge in [-0.2, -0.15) is 0 Å². The Morgan fingerprint density at radius 2 is 2.10 bits per heavy atom. The van der Waals surface area contributed by atoms with Gasteiger partial charge in [-0.15, -0.1) is 12.4 Å². The van der Waals surface area contributed by atoms with Crippen LogP contribution in [-0.2, 0) is 11.2 Å². The van der Waals surface area contributed by atoms with E-state index >= 15 is 0 Å². The van der Waals surface area contributed by atoms with Gasteiger partial charge in [-0.25, -0.2) is 0 Å². The fraction of sp³-hybridized carbons (Fsp3) is 0.533. The Kier molecular flexibility index (Phi) is 5.78. The molecule has 2 saturated heterocycles. The van der Waals surface area contributed by atoms with Crippen molar-refractivity contribution < 1.29 is 4.79 Å². The van der Waals surface area contributed by atoms with Crippen LogP contribution in [0.15, 0.2) is 18.2 Å². The van der Waals surface area contributed by atoms with Crippen molar-refractivity contribution in [3.05, 3.63) is 33.8 Å². The molecule has 21 heavy (non-hydrogen) atoms. The molecular formula is C15H19Cl3N2O. The SMILES string of the molecule is Cl.O=C(Cc1ccc(Cl)c(Cl)c1)N1CCC2NCCC2C1. The number of carbonyl (C=O) groups is 1. The molecule has 1 N–H and O–H groups in total. The fourth-order valence-corrected chi connectivity index (χ4v) is 3.53. The summed E-state index contributed by atoms with van der Waals surface area (Å²) in [5, 5.41) is 4.55. The maximum atomic E-state index is 12.4. The van der Waals surface area contributed by atoms with E-state index in [0.29, 0.717) is 28.4 Å². The highest BCUT2D eigenvalue weighted by Crippen LogP contribution is 2.26. The molecule has 2 unspecified atom stereocenters. The van der Waals surface area contributed by atoms with Gasteiger partial charge in [0.05, 0.1) is 16.5 Å². The normalized spacial score (nSPS) is 24.4. The number of nitrogens with zero attached hydrogens (tertiary/aromatic N) is 1. The van der Waals surface area contributed by atoms with Gasteiger partial charge < -0.3 is 10.2 Å². The van der Waals surface area contributed by atoms with E-state index in [0.717, 1.165) is 31.6 Å². The molecule has 2 aliphatic heterocycles. The Morgan fingerprint density at radius 3 is 2.86 bits per heavy atom. The summed E-state index contributed by atoms with van der Waals surface area (Å²) in [6.07, 6.45) is 2.65. The minimum Gasteiger partial charge on any atom is -0.342 e. The predicted octanol–water partition coefficient (Wildman–Crippen LogP) is 3.17. The minimum atomic E-state index is 0. The molecule has 1 aromatic carbocycles. The van der Waals surface area contributed by atoms with Gasteiger partial charge in [-0.3, -0.25) is 4.79 Å². The number of hydrogen-bond donors (Lipinski definition) is 1. The van der Waals surface area contributed by atoms with Crippen LogP contribution in [0.25, 0.3) is 0 Å². The first-order valence-corrected chi connectivity index (χ1v) is 7.84. The quantitative estimate of drug-likeness (QED) is 0.889. The molecule has 0 spiro atoms. The molecule has 0 radical (unpaired) electrons. The van der Waals surface area contributed by atoms with Crippen LogP contribution in [-0.4, -0.2) is 36.5 Å². The monoisotopic (exact) mass is 348 g/mol. The minimum absolute atomic E-state index is 0. The summed E-state index contributed by atoms with van der Waals surface area (Å²) in [5.41, 5.74) is 0.927. The molecule has 0 aromatic heterocycles. The Bertz CT molecular complexity index is 524.